The second-order valence-corrected chi connectivity index (χ2v) is 7.25. The SMILES string of the molecule is C[C@H](NC1CCCCC1)C(=O)O.Cl.Cl.N[C@@H](CC1CCCCC1)C(=O)O. The van der Waals surface area contributed by atoms with Crippen LogP contribution >= 0.6 is 24.8 Å². The number of nitrogens with two attached hydrogens (primary N) is 1. The molecule has 0 amide bonds. The molecule has 0 unspecified atom stereocenters. The van der Waals surface area contributed by atoms with Gasteiger partial charge in [-0.3, -0.25) is 9.59 Å². The molecule has 0 aromatic carbocycles. The molecule has 156 valence electrons. The van der Waals surface area contributed by atoms with Gasteiger partial charge in [0, 0.05) is 6.04 Å². The largest absolute Gasteiger partial charge is 0.480 e. The Labute approximate surface area is 169 Å². The van der Waals surface area contributed by atoms with Gasteiger partial charge >= 0.3 is 11.9 Å². The van der Waals surface area contributed by atoms with Crippen LogP contribution in [-0.4, -0.2) is 40.3 Å². The number of rotatable bonds is 6. The molecule has 2 saturated carbocycles. The van der Waals surface area contributed by atoms with Gasteiger partial charge in [0.1, 0.15) is 12.1 Å². The first kappa shape index (κ1) is 27.7. The van der Waals surface area contributed by atoms with Crippen LogP contribution in [0.1, 0.15) is 77.6 Å². The van der Waals surface area contributed by atoms with E-state index in [-0.39, 0.29) is 24.8 Å². The number of aliphatic carboxylic acids is 2. The highest BCUT2D eigenvalue weighted by Gasteiger charge is 2.20. The fourth-order valence-corrected chi connectivity index (χ4v) is 3.58. The third kappa shape index (κ3) is 11.9. The van der Waals surface area contributed by atoms with E-state index in [2.05, 4.69) is 5.32 Å². The molecule has 0 aromatic rings. The molecule has 0 radical (unpaired) electrons. The first-order valence-corrected chi connectivity index (χ1v) is 9.37. The predicted octanol–water partition coefficient (Wildman–Crippen LogP) is 3.59. The fraction of sp³-hybridized carbons (Fsp3) is 0.889. The lowest BCUT2D eigenvalue weighted by molar-refractivity contribution is -0.140. The van der Waals surface area contributed by atoms with E-state index in [4.69, 9.17) is 15.9 Å². The number of nitrogens with one attached hydrogen (secondary N) is 1. The Morgan fingerprint density at radius 2 is 1.38 bits per heavy atom. The van der Waals surface area contributed by atoms with E-state index >= 15 is 0 Å². The Hall–Kier alpha value is -0.560. The van der Waals surface area contributed by atoms with Crippen molar-refractivity contribution in [2.75, 3.05) is 0 Å². The molecule has 5 N–H and O–H groups in total. The van der Waals surface area contributed by atoms with Crippen LogP contribution < -0.4 is 11.1 Å². The average molecular weight is 415 g/mol. The lowest BCUT2D eigenvalue weighted by atomic mass is 9.85. The first-order chi connectivity index (χ1) is 11.4. The van der Waals surface area contributed by atoms with Crippen molar-refractivity contribution in [2.24, 2.45) is 11.7 Å². The maximum Gasteiger partial charge on any atom is 0.320 e. The number of carboxylic acids is 2. The fourth-order valence-electron chi connectivity index (χ4n) is 3.58. The van der Waals surface area contributed by atoms with Crippen LogP contribution in [-0.2, 0) is 9.59 Å². The van der Waals surface area contributed by atoms with E-state index in [1.807, 2.05) is 0 Å². The number of carbonyl (C=O) groups is 2. The molecular formula is C18H36Cl2N2O4. The average Bonchev–Trinajstić information content (AvgIpc) is 2.57. The van der Waals surface area contributed by atoms with Crippen molar-refractivity contribution in [3.8, 4) is 0 Å². The summed E-state index contributed by atoms with van der Waals surface area (Å²) in [7, 11) is 0. The zero-order valence-electron chi connectivity index (χ0n) is 15.7. The molecule has 0 spiro atoms. The highest BCUT2D eigenvalue weighted by Crippen LogP contribution is 2.26. The van der Waals surface area contributed by atoms with Crippen LogP contribution in [0.15, 0.2) is 0 Å². The smallest absolute Gasteiger partial charge is 0.320 e. The molecule has 2 fully saturated rings. The number of halogens is 2. The molecule has 26 heavy (non-hydrogen) atoms. The van der Waals surface area contributed by atoms with Crippen LogP contribution in [0.25, 0.3) is 0 Å². The Balaban J connectivity index is 0. The van der Waals surface area contributed by atoms with E-state index < -0.39 is 24.0 Å². The topological polar surface area (TPSA) is 113 Å². The molecule has 2 aliphatic carbocycles. The van der Waals surface area contributed by atoms with Crippen molar-refractivity contribution < 1.29 is 19.8 Å². The standard InChI is InChI=1S/2C9H17NO2.2ClH/c1-7(9(11)12)10-8-5-3-2-4-6-8;10-8(9(11)12)6-7-4-2-1-3-5-7;;/h7-8,10H,2-6H2,1H3,(H,11,12);7-8H,1-6,10H2,(H,11,12);2*1H/t7-;8-;;/m00../s1. The zero-order chi connectivity index (χ0) is 17.9. The first-order valence-electron chi connectivity index (χ1n) is 9.37. The molecule has 0 heterocycles. The van der Waals surface area contributed by atoms with E-state index in [1.54, 1.807) is 6.92 Å². The molecule has 0 aliphatic heterocycles. The van der Waals surface area contributed by atoms with Crippen LogP contribution in [0.2, 0.25) is 0 Å². The van der Waals surface area contributed by atoms with E-state index in [0.717, 1.165) is 12.8 Å². The monoisotopic (exact) mass is 414 g/mol. The summed E-state index contributed by atoms with van der Waals surface area (Å²) in [5.74, 6) is -1.05. The van der Waals surface area contributed by atoms with Crippen LogP contribution in [0.3, 0.4) is 0 Å². The van der Waals surface area contributed by atoms with Crippen molar-refractivity contribution in [3.63, 3.8) is 0 Å². The molecule has 2 aliphatic rings. The lowest BCUT2D eigenvalue weighted by Crippen LogP contribution is -2.42. The normalized spacial score (nSPS) is 20.4. The maximum atomic E-state index is 10.5. The molecule has 8 heteroatoms. The molecule has 2 atom stereocenters. The summed E-state index contributed by atoms with van der Waals surface area (Å²) in [6.07, 6.45) is 12.9. The molecular weight excluding hydrogens is 379 g/mol. The molecule has 0 bridgehead atoms. The quantitative estimate of drug-likeness (QED) is 0.527. The van der Waals surface area contributed by atoms with E-state index in [1.165, 1.54) is 51.4 Å². The Morgan fingerprint density at radius 1 is 0.923 bits per heavy atom. The minimum atomic E-state index is -0.861. The zero-order valence-corrected chi connectivity index (χ0v) is 17.3. The summed E-state index contributed by atoms with van der Waals surface area (Å²) in [4.78, 5) is 21.0. The number of carboxylic acid groups (broad SMARTS) is 2. The van der Waals surface area contributed by atoms with Crippen LogP contribution in [0.4, 0.5) is 0 Å². The summed E-state index contributed by atoms with van der Waals surface area (Å²) >= 11 is 0. The van der Waals surface area contributed by atoms with Crippen LogP contribution in [0, 0.1) is 5.92 Å². The van der Waals surface area contributed by atoms with Crippen molar-refractivity contribution in [2.45, 2.75) is 95.7 Å². The highest BCUT2D eigenvalue weighted by molar-refractivity contribution is 5.85. The number of hydrogen-bond donors (Lipinski definition) is 4. The van der Waals surface area contributed by atoms with Gasteiger partial charge < -0.3 is 21.3 Å². The van der Waals surface area contributed by atoms with Gasteiger partial charge in [-0.05, 0) is 32.1 Å². The minimum absolute atomic E-state index is 0. The second-order valence-electron chi connectivity index (χ2n) is 7.25. The molecule has 6 nitrogen and oxygen atoms in total. The van der Waals surface area contributed by atoms with Crippen molar-refractivity contribution in [1.29, 1.82) is 0 Å². The van der Waals surface area contributed by atoms with Gasteiger partial charge in [0.05, 0.1) is 0 Å². The number of hydrogen-bond acceptors (Lipinski definition) is 4. The summed E-state index contributed by atoms with van der Waals surface area (Å²) < 4.78 is 0. The molecule has 0 saturated heterocycles. The van der Waals surface area contributed by atoms with E-state index in [0.29, 0.717) is 18.4 Å². The Kier molecular flexibility index (Phi) is 16.5. The summed E-state index contributed by atoms with van der Waals surface area (Å²) in [6, 6.07) is -0.606. The third-order valence-corrected chi connectivity index (χ3v) is 5.09. The summed E-state index contributed by atoms with van der Waals surface area (Å²) in [5.41, 5.74) is 5.45. The van der Waals surface area contributed by atoms with Crippen molar-refractivity contribution in [1.82, 2.24) is 5.32 Å². The van der Waals surface area contributed by atoms with Crippen molar-refractivity contribution in [3.05, 3.63) is 0 Å². The predicted molar refractivity (Wildman–Crippen MR) is 108 cm³/mol. The lowest BCUT2D eigenvalue weighted by Gasteiger charge is -2.24. The van der Waals surface area contributed by atoms with Gasteiger partial charge in [-0.1, -0.05) is 51.4 Å². The summed E-state index contributed by atoms with van der Waals surface area (Å²) in [6.45, 7) is 1.71. The maximum absolute atomic E-state index is 10.5. The van der Waals surface area contributed by atoms with Crippen molar-refractivity contribution >= 4 is 36.8 Å². The van der Waals surface area contributed by atoms with Gasteiger partial charge in [0.15, 0.2) is 0 Å². The van der Waals surface area contributed by atoms with Gasteiger partial charge in [-0.2, -0.15) is 0 Å². The molecule has 2 rings (SSSR count). The second kappa shape index (κ2) is 15.5. The van der Waals surface area contributed by atoms with Gasteiger partial charge in [0.2, 0.25) is 0 Å². The van der Waals surface area contributed by atoms with Gasteiger partial charge in [-0.15, -0.1) is 24.8 Å². The molecule has 0 aromatic heterocycles. The highest BCUT2D eigenvalue weighted by atomic mass is 35.5. The van der Waals surface area contributed by atoms with Gasteiger partial charge in [0.25, 0.3) is 0 Å². The minimum Gasteiger partial charge on any atom is -0.480 e. The summed E-state index contributed by atoms with van der Waals surface area (Å²) in [5, 5.41) is 20.4. The van der Waals surface area contributed by atoms with Crippen LogP contribution in [0.5, 0.6) is 0 Å². The Morgan fingerprint density at radius 3 is 1.81 bits per heavy atom. The third-order valence-electron chi connectivity index (χ3n) is 5.09. The van der Waals surface area contributed by atoms with E-state index in [9.17, 15) is 9.59 Å². The Bertz CT molecular complexity index is 351. The van der Waals surface area contributed by atoms with Gasteiger partial charge in [-0.25, -0.2) is 0 Å².